The fourth-order valence-corrected chi connectivity index (χ4v) is 2.83. The molecular formula is C14H18ClNO3. The number of carbonyl (C=O) groups is 1. The lowest BCUT2D eigenvalue weighted by Gasteiger charge is -2.35. The van der Waals surface area contributed by atoms with E-state index in [1.54, 1.807) is 4.90 Å². The molecule has 0 saturated carbocycles. The fraction of sp³-hybridized carbons (Fsp3) is 0.500. The molecule has 0 aromatic heterocycles. The summed E-state index contributed by atoms with van der Waals surface area (Å²) >= 11 is 5.78. The molecular weight excluding hydrogens is 266 g/mol. The molecule has 2 N–H and O–H groups in total. The summed E-state index contributed by atoms with van der Waals surface area (Å²) in [5.74, 6) is 0.171. The van der Waals surface area contributed by atoms with Crippen molar-refractivity contribution in [3.05, 3.63) is 23.8 Å². The first-order chi connectivity index (χ1) is 9.11. The predicted molar refractivity (Wildman–Crippen MR) is 73.8 cm³/mol. The number of aromatic hydroxyl groups is 2. The number of alkyl halides is 1. The average Bonchev–Trinajstić information content (AvgIpc) is 2.38. The van der Waals surface area contributed by atoms with E-state index in [2.05, 4.69) is 0 Å². The molecule has 1 aliphatic heterocycles. The third kappa shape index (κ3) is 3.32. The Morgan fingerprint density at radius 2 is 1.95 bits per heavy atom. The summed E-state index contributed by atoms with van der Waals surface area (Å²) in [7, 11) is 0. The smallest absolute Gasteiger partial charge is 0.254 e. The Morgan fingerprint density at radius 1 is 1.26 bits per heavy atom. The van der Waals surface area contributed by atoms with Crippen molar-refractivity contribution < 1.29 is 15.0 Å². The van der Waals surface area contributed by atoms with Crippen molar-refractivity contribution in [2.24, 2.45) is 0 Å². The minimum Gasteiger partial charge on any atom is -0.508 e. The molecule has 1 aromatic rings. The standard InChI is InChI=1S/C14H18ClNO3/c15-5-4-11-3-1-2-6-16(11)14(19)10-7-12(17)9-13(18)8-10/h7-9,11,17-18H,1-6H2. The van der Waals surface area contributed by atoms with Crippen molar-refractivity contribution in [2.45, 2.75) is 31.7 Å². The largest absolute Gasteiger partial charge is 0.508 e. The van der Waals surface area contributed by atoms with Gasteiger partial charge in [0.25, 0.3) is 5.91 Å². The Morgan fingerprint density at radius 3 is 2.58 bits per heavy atom. The summed E-state index contributed by atoms with van der Waals surface area (Å²) < 4.78 is 0. The van der Waals surface area contributed by atoms with Crippen molar-refractivity contribution in [3.8, 4) is 11.5 Å². The SMILES string of the molecule is O=C(c1cc(O)cc(O)c1)N1CCCCC1CCCl. The Hall–Kier alpha value is -1.42. The second-order valence-corrected chi connectivity index (χ2v) is 5.24. The van der Waals surface area contributed by atoms with Crippen LogP contribution in [0.2, 0.25) is 0 Å². The van der Waals surface area contributed by atoms with Gasteiger partial charge in [-0.3, -0.25) is 4.79 Å². The van der Waals surface area contributed by atoms with Gasteiger partial charge in [0.2, 0.25) is 0 Å². The van der Waals surface area contributed by atoms with Gasteiger partial charge in [-0.05, 0) is 37.8 Å². The number of nitrogens with zero attached hydrogens (tertiary/aromatic N) is 1. The van der Waals surface area contributed by atoms with Crippen LogP contribution in [0, 0.1) is 0 Å². The molecule has 0 aliphatic carbocycles. The quantitative estimate of drug-likeness (QED) is 0.839. The van der Waals surface area contributed by atoms with Crippen molar-refractivity contribution in [2.75, 3.05) is 12.4 Å². The summed E-state index contributed by atoms with van der Waals surface area (Å²) in [6.45, 7) is 0.705. The van der Waals surface area contributed by atoms with Gasteiger partial charge >= 0.3 is 0 Å². The number of carbonyl (C=O) groups excluding carboxylic acids is 1. The van der Waals surface area contributed by atoms with Crippen LogP contribution in [0.3, 0.4) is 0 Å². The van der Waals surface area contributed by atoms with E-state index in [0.29, 0.717) is 18.0 Å². The molecule has 2 rings (SSSR count). The Kier molecular flexibility index (Phi) is 4.53. The molecule has 1 aromatic carbocycles. The summed E-state index contributed by atoms with van der Waals surface area (Å²) in [4.78, 5) is 14.3. The molecule has 1 fully saturated rings. The number of benzene rings is 1. The van der Waals surface area contributed by atoms with E-state index in [-0.39, 0.29) is 23.4 Å². The lowest BCUT2D eigenvalue weighted by atomic mass is 9.98. The Labute approximate surface area is 117 Å². The molecule has 0 bridgehead atoms. The molecule has 1 saturated heterocycles. The molecule has 4 nitrogen and oxygen atoms in total. The third-order valence-corrected chi connectivity index (χ3v) is 3.70. The Balaban J connectivity index is 2.20. The van der Waals surface area contributed by atoms with Gasteiger partial charge in [0.05, 0.1) is 0 Å². The van der Waals surface area contributed by atoms with Gasteiger partial charge < -0.3 is 15.1 Å². The molecule has 1 amide bonds. The number of hydrogen-bond donors (Lipinski definition) is 2. The third-order valence-electron chi connectivity index (χ3n) is 3.48. The van der Waals surface area contributed by atoms with Crippen molar-refractivity contribution in [1.82, 2.24) is 4.90 Å². The van der Waals surface area contributed by atoms with Crippen LogP contribution in [-0.2, 0) is 0 Å². The lowest BCUT2D eigenvalue weighted by Crippen LogP contribution is -2.43. The first-order valence-electron chi connectivity index (χ1n) is 6.52. The van der Waals surface area contributed by atoms with Crippen LogP contribution in [0.1, 0.15) is 36.0 Å². The van der Waals surface area contributed by atoms with Crippen LogP contribution >= 0.6 is 11.6 Å². The summed E-state index contributed by atoms with van der Waals surface area (Å²) in [5, 5.41) is 18.9. The van der Waals surface area contributed by atoms with Crippen molar-refractivity contribution in [3.63, 3.8) is 0 Å². The Bertz CT molecular complexity index is 442. The minimum absolute atomic E-state index is 0.103. The second kappa shape index (κ2) is 6.15. The van der Waals surface area contributed by atoms with Gasteiger partial charge in [-0.15, -0.1) is 11.6 Å². The molecule has 5 heteroatoms. The van der Waals surface area contributed by atoms with Gasteiger partial charge in [0.1, 0.15) is 11.5 Å². The second-order valence-electron chi connectivity index (χ2n) is 4.86. The van der Waals surface area contributed by atoms with E-state index < -0.39 is 0 Å². The fourth-order valence-electron chi connectivity index (χ4n) is 2.58. The van der Waals surface area contributed by atoms with Gasteiger partial charge in [0, 0.05) is 30.1 Å². The zero-order chi connectivity index (χ0) is 13.8. The van der Waals surface area contributed by atoms with E-state index in [9.17, 15) is 15.0 Å². The topological polar surface area (TPSA) is 60.8 Å². The summed E-state index contributed by atoms with van der Waals surface area (Å²) in [5.41, 5.74) is 0.318. The highest BCUT2D eigenvalue weighted by molar-refractivity contribution is 6.17. The first-order valence-corrected chi connectivity index (χ1v) is 7.05. The highest BCUT2D eigenvalue weighted by Gasteiger charge is 2.27. The number of phenolic OH excluding ortho intramolecular Hbond substituents is 2. The van der Waals surface area contributed by atoms with Crippen LogP contribution in [0.15, 0.2) is 18.2 Å². The van der Waals surface area contributed by atoms with E-state index >= 15 is 0 Å². The molecule has 1 unspecified atom stereocenters. The van der Waals surface area contributed by atoms with Gasteiger partial charge in [-0.2, -0.15) is 0 Å². The predicted octanol–water partition coefficient (Wildman–Crippen LogP) is 2.72. The molecule has 1 heterocycles. The van der Waals surface area contributed by atoms with Crippen LogP contribution < -0.4 is 0 Å². The molecule has 19 heavy (non-hydrogen) atoms. The minimum atomic E-state index is -0.152. The zero-order valence-corrected chi connectivity index (χ0v) is 11.4. The monoisotopic (exact) mass is 283 g/mol. The highest BCUT2D eigenvalue weighted by atomic mass is 35.5. The van der Waals surface area contributed by atoms with Crippen LogP contribution in [0.4, 0.5) is 0 Å². The van der Waals surface area contributed by atoms with Crippen LogP contribution in [0.5, 0.6) is 11.5 Å². The first kappa shape index (κ1) is 14.0. The van der Waals surface area contributed by atoms with Crippen LogP contribution in [0.25, 0.3) is 0 Å². The lowest BCUT2D eigenvalue weighted by molar-refractivity contribution is 0.0608. The van der Waals surface area contributed by atoms with Gasteiger partial charge in [-0.25, -0.2) is 0 Å². The highest BCUT2D eigenvalue weighted by Crippen LogP contribution is 2.26. The van der Waals surface area contributed by atoms with Crippen molar-refractivity contribution >= 4 is 17.5 Å². The zero-order valence-electron chi connectivity index (χ0n) is 10.7. The molecule has 104 valence electrons. The molecule has 1 aliphatic rings. The van der Waals surface area contributed by atoms with Crippen LogP contribution in [-0.4, -0.2) is 39.5 Å². The molecule has 1 atom stereocenters. The number of amides is 1. The van der Waals surface area contributed by atoms with Gasteiger partial charge in [0.15, 0.2) is 0 Å². The maximum absolute atomic E-state index is 12.5. The molecule has 0 radical (unpaired) electrons. The molecule has 0 spiro atoms. The number of piperidine rings is 1. The summed E-state index contributed by atoms with van der Waals surface area (Å²) in [6, 6.07) is 4.13. The maximum Gasteiger partial charge on any atom is 0.254 e. The number of phenols is 2. The maximum atomic E-state index is 12.5. The average molecular weight is 284 g/mol. The van der Waals surface area contributed by atoms with Gasteiger partial charge in [-0.1, -0.05) is 0 Å². The van der Waals surface area contributed by atoms with Crippen molar-refractivity contribution in [1.29, 1.82) is 0 Å². The van der Waals surface area contributed by atoms with E-state index in [1.807, 2.05) is 0 Å². The number of likely N-dealkylation sites (tertiary alicyclic amines) is 1. The normalized spacial score (nSPS) is 19.4. The number of hydrogen-bond acceptors (Lipinski definition) is 3. The van der Waals surface area contributed by atoms with E-state index in [4.69, 9.17) is 11.6 Å². The van der Waals surface area contributed by atoms with E-state index in [1.165, 1.54) is 18.2 Å². The number of halogens is 1. The number of rotatable bonds is 3. The summed E-state index contributed by atoms with van der Waals surface area (Å²) in [6.07, 6.45) is 3.83. The van der Waals surface area contributed by atoms with E-state index in [0.717, 1.165) is 25.7 Å².